The summed E-state index contributed by atoms with van der Waals surface area (Å²) < 4.78 is 13.3. The summed E-state index contributed by atoms with van der Waals surface area (Å²) in [4.78, 5) is 18.1. The third kappa shape index (κ3) is 4.20. The largest absolute Gasteiger partial charge is 0.444 e. The van der Waals surface area contributed by atoms with E-state index in [-0.39, 0.29) is 12.2 Å². The van der Waals surface area contributed by atoms with Gasteiger partial charge in [0.1, 0.15) is 11.7 Å². The Morgan fingerprint density at radius 1 is 1.52 bits per heavy atom. The zero-order chi connectivity index (χ0) is 15.5. The second-order valence-electron chi connectivity index (χ2n) is 6.30. The summed E-state index contributed by atoms with van der Waals surface area (Å²) >= 11 is 0. The third-order valence-corrected chi connectivity index (χ3v) is 3.26. The normalized spacial score (nSPS) is 19.6. The summed E-state index contributed by atoms with van der Waals surface area (Å²) in [6.45, 7) is 10.2. The summed E-state index contributed by atoms with van der Waals surface area (Å²) in [6, 6.07) is 0. The second kappa shape index (κ2) is 6.47. The molecular weight excluding hydrogens is 270 g/mol. The number of morpholine rings is 1. The number of nitrogens with zero attached hydrogens (tertiary/aromatic N) is 3. The highest BCUT2D eigenvalue weighted by Gasteiger charge is 2.30. The van der Waals surface area contributed by atoms with Gasteiger partial charge in [0.05, 0.1) is 31.4 Å². The Morgan fingerprint density at radius 3 is 2.95 bits per heavy atom. The lowest BCUT2D eigenvalue weighted by atomic mass is 10.2. The van der Waals surface area contributed by atoms with Crippen LogP contribution in [-0.4, -0.2) is 45.8 Å². The summed E-state index contributed by atoms with van der Waals surface area (Å²) in [5, 5.41) is 0. The predicted octanol–water partition coefficient (Wildman–Crippen LogP) is 2.60. The van der Waals surface area contributed by atoms with Gasteiger partial charge in [0, 0.05) is 13.1 Å². The predicted molar refractivity (Wildman–Crippen MR) is 79.0 cm³/mol. The monoisotopic (exact) mass is 295 g/mol. The van der Waals surface area contributed by atoms with Crippen molar-refractivity contribution in [2.75, 3.05) is 19.7 Å². The molecule has 0 saturated carbocycles. The van der Waals surface area contributed by atoms with Gasteiger partial charge in [-0.3, -0.25) is 0 Å². The molecule has 118 valence electrons. The molecule has 0 aliphatic carbocycles. The molecule has 0 radical (unpaired) electrons. The first-order valence-electron chi connectivity index (χ1n) is 7.50. The van der Waals surface area contributed by atoms with Crippen LogP contribution < -0.4 is 0 Å². The number of carbonyl (C=O) groups is 1. The number of amides is 1. The van der Waals surface area contributed by atoms with Crippen molar-refractivity contribution in [2.24, 2.45) is 0 Å². The molecule has 1 atom stereocenters. The van der Waals surface area contributed by atoms with Gasteiger partial charge in [-0.1, -0.05) is 6.92 Å². The van der Waals surface area contributed by atoms with Crippen molar-refractivity contribution in [3.05, 3.63) is 18.2 Å². The quantitative estimate of drug-likeness (QED) is 0.860. The fourth-order valence-corrected chi connectivity index (χ4v) is 2.35. The van der Waals surface area contributed by atoms with Crippen molar-refractivity contribution in [3.8, 4) is 0 Å². The van der Waals surface area contributed by atoms with Crippen LogP contribution in [0.4, 0.5) is 4.79 Å². The molecule has 1 saturated heterocycles. The van der Waals surface area contributed by atoms with Crippen LogP contribution in [0.15, 0.2) is 12.5 Å². The first kappa shape index (κ1) is 15.8. The average Bonchev–Trinajstić information content (AvgIpc) is 2.86. The van der Waals surface area contributed by atoms with E-state index < -0.39 is 5.60 Å². The van der Waals surface area contributed by atoms with Crippen molar-refractivity contribution in [1.82, 2.24) is 14.5 Å². The molecule has 21 heavy (non-hydrogen) atoms. The van der Waals surface area contributed by atoms with Gasteiger partial charge in [-0.15, -0.1) is 0 Å². The van der Waals surface area contributed by atoms with E-state index in [1.54, 1.807) is 4.90 Å². The van der Waals surface area contributed by atoms with Crippen LogP contribution >= 0.6 is 0 Å². The third-order valence-electron chi connectivity index (χ3n) is 3.26. The highest BCUT2D eigenvalue weighted by atomic mass is 16.6. The lowest BCUT2D eigenvalue weighted by molar-refractivity contribution is -0.0458. The minimum absolute atomic E-state index is 0.139. The molecule has 0 aromatic carbocycles. The Labute approximate surface area is 126 Å². The molecule has 6 heteroatoms. The number of carbonyl (C=O) groups excluding carboxylic acids is 1. The maximum absolute atomic E-state index is 12.2. The number of aromatic nitrogens is 2. The Bertz CT molecular complexity index is 479. The number of aryl methyl sites for hydroxylation is 1. The molecule has 0 bridgehead atoms. The van der Waals surface area contributed by atoms with Crippen LogP contribution in [0, 0.1) is 0 Å². The van der Waals surface area contributed by atoms with E-state index in [0.29, 0.717) is 19.7 Å². The van der Waals surface area contributed by atoms with Gasteiger partial charge in [-0.05, 0) is 27.2 Å². The number of hydrogen-bond donors (Lipinski definition) is 0. The maximum Gasteiger partial charge on any atom is 0.410 e. The van der Waals surface area contributed by atoms with Gasteiger partial charge in [0.2, 0.25) is 0 Å². The lowest BCUT2D eigenvalue weighted by Crippen LogP contribution is -2.45. The summed E-state index contributed by atoms with van der Waals surface area (Å²) in [5.74, 6) is 0. The van der Waals surface area contributed by atoms with Crippen LogP contribution in [0.2, 0.25) is 0 Å². The van der Waals surface area contributed by atoms with Crippen molar-refractivity contribution in [2.45, 2.75) is 52.4 Å². The average molecular weight is 295 g/mol. The smallest absolute Gasteiger partial charge is 0.410 e. The Morgan fingerprint density at radius 2 is 2.29 bits per heavy atom. The van der Waals surface area contributed by atoms with Crippen LogP contribution in [0.5, 0.6) is 0 Å². The molecule has 1 aromatic heterocycles. The van der Waals surface area contributed by atoms with Gasteiger partial charge in [-0.2, -0.15) is 0 Å². The molecule has 1 fully saturated rings. The molecule has 1 amide bonds. The summed E-state index contributed by atoms with van der Waals surface area (Å²) in [5.41, 5.74) is 0.541. The molecule has 2 rings (SSSR count). The first-order chi connectivity index (χ1) is 9.90. The number of rotatable bonds is 3. The standard InChI is InChI=1S/C15H25N3O3/c1-5-6-18-11-16-9-12(18)13-10-17(7-8-20-13)14(19)21-15(2,3)4/h9,11,13H,5-8,10H2,1-4H3. The molecule has 0 N–H and O–H groups in total. The van der Waals surface area contributed by atoms with E-state index in [0.717, 1.165) is 18.7 Å². The molecule has 2 heterocycles. The minimum atomic E-state index is -0.477. The zero-order valence-electron chi connectivity index (χ0n) is 13.3. The molecule has 1 aromatic rings. The summed E-state index contributed by atoms with van der Waals surface area (Å²) in [7, 11) is 0. The Balaban J connectivity index is 2.03. The van der Waals surface area contributed by atoms with Crippen molar-refractivity contribution in [1.29, 1.82) is 0 Å². The van der Waals surface area contributed by atoms with Gasteiger partial charge in [-0.25, -0.2) is 9.78 Å². The van der Waals surface area contributed by atoms with Crippen LogP contribution in [-0.2, 0) is 16.0 Å². The van der Waals surface area contributed by atoms with Crippen LogP contribution in [0.25, 0.3) is 0 Å². The van der Waals surface area contributed by atoms with Crippen molar-refractivity contribution >= 4 is 6.09 Å². The van der Waals surface area contributed by atoms with Crippen LogP contribution in [0.1, 0.15) is 45.9 Å². The van der Waals surface area contributed by atoms with E-state index in [2.05, 4.69) is 16.5 Å². The van der Waals surface area contributed by atoms with Gasteiger partial charge >= 0.3 is 6.09 Å². The number of ether oxygens (including phenoxy) is 2. The zero-order valence-corrected chi connectivity index (χ0v) is 13.3. The van der Waals surface area contributed by atoms with Crippen molar-refractivity contribution < 1.29 is 14.3 Å². The number of imidazole rings is 1. The fraction of sp³-hybridized carbons (Fsp3) is 0.733. The van der Waals surface area contributed by atoms with E-state index >= 15 is 0 Å². The first-order valence-corrected chi connectivity index (χ1v) is 7.50. The second-order valence-corrected chi connectivity index (χ2v) is 6.30. The van der Waals surface area contributed by atoms with Crippen LogP contribution in [0.3, 0.4) is 0 Å². The number of hydrogen-bond acceptors (Lipinski definition) is 4. The molecule has 1 aliphatic rings. The van der Waals surface area contributed by atoms with Gasteiger partial charge in [0.25, 0.3) is 0 Å². The lowest BCUT2D eigenvalue weighted by Gasteiger charge is -2.34. The topological polar surface area (TPSA) is 56.6 Å². The molecule has 1 unspecified atom stereocenters. The SMILES string of the molecule is CCCn1cncc1C1CN(C(=O)OC(C)(C)C)CCO1. The van der Waals surface area contributed by atoms with Gasteiger partial charge < -0.3 is 18.9 Å². The fourth-order valence-electron chi connectivity index (χ4n) is 2.35. The molecule has 6 nitrogen and oxygen atoms in total. The highest BCUT2D eigenvalue weighted by molar-refractivity contribution is 5.68. The Hall–Kier alpha value is -1.56. The Kier molecular flexibility index (Phi) is 4.88. The molecular formula is C15H25N3O3. The highest BCUT2D eigenvalue weighted by Crippen LogP contribution is 2.23. The van der Waals surface area contributed by atoms with E-state index in [4.69, 9.17) is 9.47 Å². The molecule has 1 aliphatic heterocycles. The molecule has 0 spiro atoms. The van der Waals surface area contributed by atoms with Gasteiger partial charge in [0.15, 0.2) is 0 Å². The maximum atomic E-state index is 12.2. The minimum Gasteiger partial charge on any atom is -0.444 e. The summed E-state index contributed by atoms with van der Waals surface area (Å²) in [6.07, 6.45) is 4.25. The van der Waals surface area contributed by atoms with E-state index in [1.807, 2.05) is 33.3 Å². The van der Waals surface area contributed by atoms with Crippen molar-refractivity contribution in [3.63, 3.8) is 0 Å². The van der Waals surface area contributed by atoms with E-state index in [1.165, 1.54) is 0 Å². The van der Waals surface area contributed by atoms with E-state index in [9.17, 15) is 4.79 Å².